The van der Waals surface area contributed by atoms with Crippen molar-refractivity contribution in [2.75, 3.05) is 5.32 Å². The van der Waals surface area contributed by atoms with Crippen molar-refractivity contribution in [1.29, 1.82) is 0 Å². The Bertz CT molecular complexity index is 1180. The lowest BCUT2D eigenvalue weighted by Crippen LogP contribution is -2.45. The maximum Gasteiger partial charge on any atom is 0.242 e. The van der Waals surface area contributed by atoms with Crippen molar-refractivity contribution in [3.05, 3.63) is 92.4 Å². The number of hydrogen-bond donors (Lipinski definition) is 2. The van der Waals surface area contributed by atoms with Gasteiger partial charge in [0.25, 0.3) is 0 Å². The molecule has 3 aromatic carbocycles. The van der Waals surface area contributed by atoms with Crippen LogP contribution in [0, 0.1) is 0 Å². The molecule has 1 atom stereocenters. The molecule has 0 heterocycles. The van der Waals surface area contributed by atoms with Gasteiger partial charge in [-0.25, -0.2) is 8.42 Å². The van der Waals surface area contributed by atoms with Crippen molar-refractivity contribution < 1.29 is 13.2 Å². The van der Waals surface area contributed by atoms with E-state index in [2.05, 4.69) is 10.0 Å². The highest BCUT2D eigenvalue weighted by Crippen LogP contribution is 2.30. The maximum absolute atomic E-state index is 13.1. The molecule has 2 N–H and O–H groups in total. The fourth-order valence-electron chi connectivity index (χ4n) is 2.80. The first-order chi connectivity index (χ1) is 14.7. The van der Waals surface area contributed by atoms with Crippen molar-refractivity contribution >= 4 is 68.0 Å². The lowest BCUT2D eigenvalue weighted by molar-refractivity contribution is -0.117. The zero-order valence-electron chi connectivity index (χ0n) is 15.8. The normalized spacial score (nSPS) is 12.4. The molecule has 0 bridgehead atoms. The fraction of sp³-hybridized carbons (Fsp3) is 0.0952. The van der Waals surface area contributed by atoms with Gasteiger partial charge in [-0.3, -0.25) is 4.79 Å². The van der Waals surface area contributed by atoms with E-state index in [9.17, 15) is 13.2 Å². The molecule has 5 nitrogen and oxygen atoms in total. The molecule has 3 rings (SSSR count). The summed E-state index contributed by atoms with van der Waals surface area (Å²) in [6.45, 7) is 0. The van der Waals surface area contributed by atoms with Crippen molar-refractivity contribution in [3.63, 3.8) is 0 Å². The molecule has 0 aliphatic rings. The summed E-state index contributed by atoms with van der Waals surface area (Å²) in [7, 11) is -4.18. The number of halogens is 4. The molecule has 0 aliphatic carbocycles. The van der Waals surface area contributed by atoms with Crippen LogP contribution in [0.4, 0.5) is 5.69 Å². The van der Waals surface area contributed by atoms with E-state index in [0.717, 1.165) is 5.56 Å². The average Bonchev–Trinajstić information content (AvgIpc) is 2.72. The van der Waals surface area contributed by atoms with E-state index >= 15 is 0 Å². The molecular weight excluding hydrogens is 502 g/mol. The lowest BCUT2D eigenvalue weighted by Gasteiger charge is -2.20. The number of nitrogens with one attached hydrogen (secondary N) is 2. The molecule has 10 heteroatoms. The highest BCUT2D eigenvalue weighted by Gasteiger charge is 2.28. The van der Waals surface area contributed by atoms with Crippen LogP contribution < -0.4 is 10.0 Å². The summed E-state index contributed by atoms with van der Waals surface area (Å²) in [5.74, 6) is -0.638. The summed E-state index contributed by atoms with van der Waals surface area (Å²) < 4.78 is 28.4. The monoisotopic (exact) mass is 516 g/mol. The average molecular weight is 518 g/mol. The maximum atomic E-state index is 13.1. The standard InChI is InChI=1S/C21H16Cl4N2O3S/c22-14-9-10-15(23)19(12-14)31(29,30)27-18(11-13-5-2-1-3-6-13)21(28)26-20-16(24)7-4-8-17(20)25/h1-10,12,18,27H,11H2,(H,26,28)/t18-/m1/s1. The number of sulfonamides is 1. The van der Waals surface area contributed by atoms with Crippen LogP contribution in [0.25, 0.3) is 0 Å². The Labute approximate surface area is 200 Å². The van der Waals surface area contributed by atoms with Gasteiger partial charge in [0.15, 0.2) is 0 Å². The van der Waals surface area contributed by atoms with Gasteiger partial charge < -0.3 is 5.32 Å². The van der Waals surface area contributed by atoms with Gasteiger partial charge >= 0.3 is 0 Å². The Kier molecular flexibility index (Phi) is 7.86. The van der Waals surface area contributed by atoms with Crippen LogP contribution in [0.2, 0.25) is 20.1 Å². The number of rotatable bonds is 7. The van der Waals surface area contributed by atoms with Gasteiger partial charge in [0.1, 0.15) is 10.9 Å². The zero-order chi connectivity index (χ0) is 22.6. The SMILES string of the molecule is O=C(Nc1c(Cl)cccc1Cl)[C@@H](Cc1ccccc1)NS(=O)(=O)c1cc(Cl)ccc1Cl. The second-order valence-electron chi connectivity index (χ2n) is 6.52. The van der Waals surface area contributed by atoms with Crippen LogP contribution in [0.1, 0.15) is 5.56 Å². The van der Waals surface area contributed by atoms with Gasteiger partial charge in [0.05, 0.1) is 20.8 Å². The summed E-state index contributed by atoms with van der Waals surface area (Å²) in [4.78, 5) is 12.8. The van der Waals surface area contributed by atoms with Gasteiger partial charge in [-0.1, -0.05) is 82.8 Å². The molecule has 3 aromatic rings. The number of carbonyl (C=O) groups is 1. The second kappa shape index (κ2) is 10.2. The first kappa shape index (κ1) is 23.9. The Morgan fingerprint density at radius 1 is 0.839 bits per heavy atom. The molecule has 0 spiro atoms. The number of amides is 1. The molecule has 0 aliphatic heterocycles. The van der Waals surface area contributed by atoms with Crippen molar-refractivity contribution in [1.82, 2.24) is 4.72 Å². The van der Waals surface area contributed by atoms with Crippen LogP contribution in [0.5, 0.6) is 0 Å². The zero-order valence-corrected chi connectivity index (χ0v) is 19.6. The molecule has 0 fully saturated rings. The van der Waals surface area contributed by atoms with Crippen LogP contribution in [-0.4, -0.2) is 20.4 Å². The predicted octanol–water partition coefficient (Wildman–Crippen LogP) is 5.83. The van der Waals surface area contributed by atoms with Crippen LogP contribution in [0.3, 0.4) is 0 Å². The van der Waals surface area contributed by atoms with E-state index in [1.54, 1.807) is 42.5 Å². The second-order valence-corrected chi connectivity index (χ2v) is 9.86. The first-order valence-electron chi connectivity index (χ1n) is 8.93. The number of benzene rings is 3. The van der Waals surface area contributed by atoms with E-state index < -0.39 is 22.0 Å². The molecular formula is C21H16Cl4N2O3S. The Hall–Kier alpha value is -1.80. The van der Waals surface area contributed by atoms with Gasteiger partial charge in [0, 0.05) is 5.02 Å². The molecule has 0 saturated heterocycles. The summed E-state index contributed by atoms with van der Waals surface area (Å²) in [6.07, 6.45) is 0.0756. The van der Waals surface area contributed by atoms with Gasteiger partial charge in [-0.15, -0.1) is 0 Å². The van der Waals surface area contributed by atoms with Crippen molar-refractivity contribution in [3.8, 4) is 0 Å². The van der Waals surface area contributed by atoms with E-state index in [4.69, 9.17) is 46.4 Å². The highest BCUT2D eigenvalue weighted by molar-refractivity contribution is 7.89. The Morgan fingerprint density at radius 3 is 2.13 bits per heavy atom. The largest absolute Gasteiger partial charge is 0.322 e. The van der Waals surface area contributed by atoms with E-state index in [1.807, 2.05) is 6.07 Å². The van der Waals surface area contributed by atoms with Crippen LogP contribution in [0.15, 0.2) is 71.6 Å². The fourth-order valence-corrected chi connectivity index (χ4v) is 5.25. The molecule has 0 aromatic heterocycles. The van der Waals surface area contributed by atoms with Gasteiger partial charge in [-0.05, 0) is 42.3 Å². The Balaban J connectivity index is 1.94. The number of hydrogen-bond acceptors (Lipinski definition) is 3. The molecule has 1 amide bonds. The molecule has 162 valence electrons. The topological polar surface area (TPSA) is 75.3 Å². The van der Waals surface area contributed by atoms with Crippen molar-refractivity contribution in [2.24, 2.45) is 0 Å². The number of para-hydroxylation sites is 1. The van der Waals surface area contributed by atoms with E-state index in [1.165, 1.54) is 18.2 Å². The van der Waals surface area contributed by atoms with Crippen LogP contribution in [-0.2, 0) is 21.2 Å². The highest BCUT2D eigenvalue weighted by atomic mass is 35.5. The summed E-state index contributed by atoms with van der Waals surface area (Å²) in [5.41, 5.74) is 0.932. The first-order valence-corrected chi connectivity index (χ1v) is 11.9. The minimum absolute atomic E-state index is 0.0232. The third-order valence-electron chi connectivity index (χ3n) is 4.29. The van der Waals surface area contributed by atoms with Crippen LogP contribution >= 0.6 is 46.4 Å². The molecule has 0 saturated carbocycles. The number of anilines is 1. The minimum Gasteiger partial charge on any atom is -0.322 e. The summed E-state index contributed by atoms with van der Waals surface area (Å²) in [5, 5.41) is 3.22. The summed E-state index contributed by atoms with van der Waals surface area (Å²) >= 11 is 24.3. The lowest BCUT2D eigenvalue weighted by atomic mass is 10.1. The quantitative estimate of drug-likeness (QED) is 0.414. The third-order valence-corrected chi connectivity index (χ3v) is 7.11. The molecule has 31 heavy (non-hydrogen) atoms. The predicted molar refractivity (Wildman–Crippen MR) is 126 cm³/mol. The Morgan fingerprint density at radius 2 is 1.48 bits per heavy atom. The molecule has 0 unspecified atom stereocenters. The van der Waals surface area contributed by atoms with Gasteiger partial charge in [-0.2, -0.15) is 4.72 Å². The van der Waals surface area contributed by atoms with Gasteiger partial charge in [0.2, 0.25) is 15.9 Å². The summed E-state index contributed by atoms with van der Waals surface area (Å²) in [6, 6.07) is 16.6. The minimum atomic E-state index is -4.18. The number of carbonyl (C=O) groups excluding carboxylic acids is 1. The third kappa shape index (κ3) is 6.13. The van der Waals surface area contributed by atoms with E-state index in [-0.39, 0.29) is 37.1 Å². The molecule has 0 radical (unpaired) electrons. The van der Waals surface area contributed by atoms with Crippen molar-refractivity contribution in [2.45, 2.75) is 17.4 Å². The smallest absolute Gasteiger partial charge is 0.242 e. The van der Waals surface area contributed by atoms with E-state index in [0.29, 0.717) is 0 Å².